The number of aryl methyl sites for hydroxylation is 1. The number of carbonyl (C=O) groups is 1. The van der Waals surface area contributed by atoms with E-state index in [0.29, 0.717) is 0 Å². The van der Waals surface area contributed by atoms with Crippen molar-refractivity contribution in [1.29, 1.82) is 0 Å². The van der Waals surface area contributed by atoms with Gasteiger partial charge in [-0.15, -0.1) is 16.7 Å². The van der Waals surface area contributed by atoms with Crippen LogP contribution in [-0.2, 0) is 17.9 Å². The van der Waals surface area contributed by atoms with Crippen molar-refractivity contribution >= 4 is 23.2 Å². The summed E-state index contributed by atoms with van der Waals surface area (Å²) >= 11 is 5.59. The zero-order valence-corrected chi connectivity index (χ0v) is 12.7. The van der Waals surface area contributed by atoms with Gasteiger partial charge in [0.25, 0.3) is 0 Å². The lowest BCUT2D eigenvalue weighted by Crippen LogP contribution is -2.30. The molecule has 1 aromatic carbocycles. The van der Waals surface area contributed by atoms with Crippen LogP contribution in [0.1, 0.15) is 16.1 Å². The Labute approximate surface area is 135 Å². The van der Waals surface area contributed by atoms with Gasteiger partial charge >= 0.3 is 11.7 Å². The van der Waals surface area contributed by atoms with Crippen LogP contribution in [0.25, 0.3) is 5.65 Å². The normalized spacial score (nSPS) is 10.8. The summed E-state index contributed by atoms with van der Waals surface area (Å²) in [5.74, 6) is -0.444. The van der Waals surface area contributed by atoms with Crippen molar-refractivity contribution in [2.45, 2.75) is 13.2 Å². The third kappa shape index (κ3) is 3.07. The van der Waals surface area contributed by atoms with E-state index in [0.717, 1.165) is 14.6 Å². The van der Waals surface area contributed by atoms with Gasteiger partial charge in [0.1, 0.15) is 12.9 Å². The molecule has 2 heterocycles. The van der Waals surface area contributed by atoms with Gasteiger partial charge < -0.3 is 4.74 Å². The molecule has 0 spiro atoms. The number of nitrogens with zero attached hydrogens (tertiary/aromatic N) is 5. The number of hydrogen-bond acceptors (Lipinski definition) is 6. The monoisotopic (exact) mass is 333 g/mol. The molecular formula is C14H12ClN5O3. The fourth-order valence-corrected chi connectivity index (χ4v) is 2.15. The molecule has 0 bridgehead atoms. The molecule has 0 unspecified atom stereocenters. The standard InChI is InChI=1S/C14H12ClN5O3/c15-6-7-20-14(22)19-9-16-11(12(19)17-18-20)13(21)23-8-10-4-2-1-3-5-10/h1-5,9H,6-8H2. The SMILES string of the molecule is O=C(OCc1ccccc1)c1ncn2c(=O)n(CCCl)nnc12. The predicted octanol–water partition coefficient (Wildman–Crippen LogP) is 0.882. The lowest BCUT2D eigenvalue weighted by molar-refractivity contribution is 0.0468. The average Bonchev–Trinajstić information content (AvgIpc) is 3.01. The lowest BCUT2D eigenvalue weighted by Gasteiger charge is -2.03. The number of aromatic nitrogens is 5. The Hall–Kier alpha value is -2.74. The fourth-order valence-electron chi connectivity index (χ4n) is 1.99. The summed E-state index contributed by atoms with van der Waals surface area (Å²) < 4.78 is 7.42. The average molecular weight is 334 g/mol. The van der Waals surface area contributed by atoms with Gasteiger partial charge in [-0.2, -0.15) is 4.68 Å². The Morgan fingerprint density at radius 3 is 2.78 bits per heavy atom. The Morgan fingerprint density at radius 1 is 1.26 bits per heavy atom. The number of rotatable bonds is 5. The minimum Gasteiger partial charge on any atom is -0.456 e. The molecular weight excluding hydrogens is 322 g/mol. The van der Waals surface area contributed by atoms with Crippen molar-refractivity contribution in [3.05, 3.63) is 58.4 Å². The van der Waals surface area contributed by atoms with Gasteiger partial charge in [-0.25, -0.2) is 19.0 Å². The van der Waals surface area contributed by atoms with Gasteiger partial charge in [0.2, 0.25) is 0 Å². The molecule has 3 aromatic rings. The van der Waals surface area contributed by atoms with Crippen molar-refractivity contribution in [2.24, 2.45) is 0 Å². The first-order valence-corrected chi connectivity index (χ1v) is 7.32. The van der Waals surface area contributed by atoms with Gasteiger partial charge in [0.05, 0.1) is 6.54 Å². The highest BCUT2D eigenvalue weighted by Gasteiger charge is 2.19. The molecule has 0 saturated carbocycles. The first kappa shape index (κ1) is 15.2. The van der Waals surface area contributed by atoms with Gasteiger partial charge in [0, 0.05) is 5.88 Å². The molecule has 0 fully saturated rings. The van der Waals surface area contributed by atoms with E-state index in [4.69, 9.17) is 16.3 Å². The smallest absolute Gasteiger partial charge is 0.361 e. The number of fused-ring (bicyclic) bond motifs is 1. The molecule has 0 N–H and O–H groups in total. The summed E-state index contributed by atoms with van der Waals surface area (Å²) in [7, 11) is 0. The molecule has 0 aliphatic carbocycles. The summed E-state index contributed by atoms with van der Waals surface area (Å²) in [5.41, 5.74) is 0.382. The third-order valence-corrected chi connectivity index (χ3v) is 3.29. The van der Waals surface area contributed by atoms with E-state index in [-0.39, 0.29) is 30.4 Å². The van der Waals surface area contributed by atoms with Crippen LogP contribution in [0.3, 0.4) is 0 Å². The van der Waals surface area contributed by atoms with E-state index < -0.39 is 11.7 Å². The highest BCUT2D eigenvalue weighted by molar-refractivity contribution is 6.17. The van der Waals surface area contributed by atoms with E-state index in [1.165, 1.54) is 6.33 Å². The molecule has 23 heavy (non-hydrogen) atoms. The summed E-state index contributed by atoms with van der Waals surface area (Å²) in [4.78, 5) is 28.1. The molecule has 0 aliphatic rings. The zero-order valence-electron chi connectivity index (χ0n) is 11.9. The largest absolute Gasteiger partial charge is 0.456 e. The van der Waals surface area contributed by atoms with Crippen LogP contribution in [0.15, 0.2) is 41.5 Å². The third-order valence-electron chi connectivity index (χ3n) is 3.12. The van der Waals surface area contributed by atoms with Crippen molar-refractivity contribution in [2.75, 3.05) is 5.88 Å². The van der Waals surface area contributed by atoms with Gasteiger partial charge in [-0.05, 0) is 5.56 Å². The fraction of sp³-hybridized carbons (Fsp3) is 0.214. The number of esters is 1. The highest BCUT2D eigenvalue weighted by Crippen LogP contribution is 2.08. The van der Waals surface area contributed by atoms with Crippen molar-refractivity contribution in [3.63, 3.8) is 0 Å². The minimum absolute atomic E-state index is 0.0523. The zero-order chi connectivity index (χ0) is 16.2. The summed E-state index contributed by atoms with van der Waals surface area (Å²) in [6.45, 7) is 0.324. The number of benzene rings is 1. The Morgan fingerprint density at radius 2 is 2.04 bits per heavy atom. The van der Waals surface area contributed by atoms with Crippen LogP contribution in [0.5, 0.6) is 0 Å². The highest BCUT2D eigenvalue weighted by atomic mass is 35.5. The van der Waals surface area contributed by atoms with Gasteiger partial charge in [-0.3, -0.25) is 0 Å². The molecule has 0 radical (unpaired) electrons. The number of imidazole rings is 1. The molecule has 9 heteroatoms. The van der Waals surface area contributed by atoms with Crippen LogP contribution < -0.4 is 5.69 Å². The Balaban J connectivity index is 1.84. The van der Waals surface area contributed by atoms with Crippen LogP contribution >= 0.6 is 11.6 Å². The summed E-state index contributed by atoms with van der Waals surface area (Å²) in [5, 5.41) is 7.58. The maximum Gasteiger partial charge on any atom is 0.361 e. The van der Waals surface area contributed by atoms with Gasteiger partial charge in [0.15, 0.2) is 11.3 Å². The second kappa shape index (κ2) is 6.57. The Bertz CT molecular complexity index is 890. The molecule has 0 saturated heterocycles. The molecule has 0 atom stereocenters. The van der Waals surface area contributed by atoms with E-state index in [1.807, 2.05) is 30.3 Å². The second-order valence-electron chi connectivity index (χ2n) is 4.63. The number of carbonyl (C=O) groups excluding carboxylic acids is 1. The van der Waals surface area contributed by atoms with E-state index in [9.17, 15) is 9.59 Å². The van der Waals surface area contributed by atoms with E-state index in [2.05, 4.69) is 15.3 Å². The second-order valence-corrected chi connectivity index (χ2v) is 5.01. The quantitative estimate of drug-likeness (QED) is 0.508. The number of alkyl halides is 1. The summed E-state index contributed by atoms with van der Waals surface area (Å²) in [6.07, 6.45) is 1.22. The van der Waals surface area contributed by atoms with Crippen molar-refractivity contribution in [3.8, 4) is 0 Å². The number of halogens is 1. The lowest BCUT2D eigenvalue weighted by atomic mass is 10.2. The maximum absolute atomic E-state index is 12.1. The van der Waals surface area contributed by atoms with Crippen LogP contribution in [0.4, 0.5) is 0 Å². The molecule has 3 rings (SSSR count). The summed E-state index contributed by atoms with van der Waals surface area (Å²) in [6, 6.07) is 9.24. The van der Waals surface area contributed by atoms with Crippen LogP contribution in [0.2, 0.25) is 0 Å². The topological polar surface area (TPSA) is 91.4 Å². The van der Waals surface area contributed by atoms with Gasteiger partial charge in [-0.1, -0.05) is 35.5 Å². The number of ether oxygens (including phenoxy) is 1. The Kier molecular flexibility index (Phi) is 4.33. The van der Waals surface area contributed by atoms with Crippen LogP contribution in [0, 0.1) is 0 Å². The molecule has 118 valence electrons. The van der Waals surface area contributed by atoms with Crippen LogP contribution in [-0.4, -0.2) is 36.2 Å². The predicted molar refractivity (Wildman–Crippen MR) is 81.3 cm³/mol. The van der Waals surface area contributed by atoms with E-state index >= 15 is 0 Å². The number of hydrogen-bond donors (Lipinski definition) is 0. The minimum atomic E-state index is -0.667. The molecule has 0 aliphatic heterocycles. The first-order chi connectivity index (χ1) is 11.2. The molecule has 2 aromatic heterocycles. The maximum atomic E-state index is 12.1. The first-order valence-electron chi connectivity index (χ1n) is 6.78. The van der Waals surface area contributed by atoms with Crippen molar-refractivity contribution in [1.82, 2.24) is 24.4 Å². The molecule has 8 nitrogen and oxygen atoms in total. The van der Waals surface area contributed by atoms with Crippen molar-refractivity contribution < 1.29 is 9.53 Å². The molecule has 0 amide bonds. The van der Waals surface area contributed by atoms with E-state index in [1.54, 1.807) is 0 Å².